The number of piperidine rings is 1. The number of benzene rings is 1. The molecule has 13 heteroatoms. The molecular weight excluding hydrogens is 552 g/mol. The minimum absolute atomic E-state index is 0.141. The molecule has 13 nitrogen and oxygen atoms in total. The van der Waals surface area contributed by atoms with Crippen LogP contribution in [-0.4, -0.2) is 74.0 Å². The minimum atomic E-state index is -0.588. The molecule has 0 aliphatic carbocycles. The Kier molecular flexibility index (Phi) is 7.24. The van der Waals surface area contributed by atoms with Crippen LogP contribution >= 0.6 is 0 Å². The van der Waals surface area contributed by atoms with Crippen molar-refractivity contribution in [3.05, 3.63) is 47.9 Å². The number of methoxy groups -OCH3 is 1. The number of carbonyl (C=O) groups is 2. The average Bonchev–Trinajstić information content (AvgIpc) is 3.63. The van der Waals surface area contributed by atoms with E-state index < -0.39 is 5.60 Å². The number of rotatable bonds is 5. The number of nitrogen functional groups attached to an aromatic ring is 1. The summed E-state index contributed by atoms with van der Waals surface area (Å²) in [6, 6.07) is 6.85. The molecule has 6 rings (SSSR count). The molecule has 1 saturated heterocycles. The van der Waals surface area contributed by atoms with Gasteiger partial charge in [0.2, 0.25) is 5.88 Å². The van der Waals surface area contributed by atoms with Crippen LogP contribution in [0.1, 0.15) is 55.6 Å². The summed E-state index contributed by atoms with van der Waals surface area (Å²) in [6.07, 6.45) is 4.74. The fourth-order valence-corrected chi connectivity index (χ4v) is 5.51. The maximum atomic E-state index is 13.0. The van der Waals surface area contributed by atoms with E-state index in [-0.39, 0.29) is 18.0 Å². The first kappa shape index (κ1) is 28.2. The number of aromatic nitrogens is 5. The number of anilines is 2. The van der Waals surface area contributed by atoms with Crippen molar-refractivity contribution in [1.82, 2.24) is 29.6 Å². The summed E-state index contributed by atoms with van der Waals surface area (Å²) in [4.78, 5) is 40.5. The van der Waals surface area contributed by atoms with Crippen LogP contribution in [0.3, 0.4) is 0 Å². The zero-order valence-electron chi connectivity index (χ0n) is 24.6. The lowest BCUT2D eigenvalue weighted by Gasteiger charge is -2.34. The van der Waals surface area contributed by atoms with Gasteiger partial charge < -0.3 is 30.2 Å². The largest absolute Gasteiger partial charge is 0.492 e. The summed E-state index contributed by atoms with van der Waals surface area (Å²) in [6.45, 7) is 7.05. The Hall–Kier alpha value is -4.94. The standard InChI is InChI=1S/C30H34N8O5/c1-30(2,3)43-29(40)37-12-5-6-18(15-37)38-27-23(26(31)33-16-34-27)24(36-38)20-8-9-21(19-11-13-42-25(19)20)35-28(39)17-7-10-22(41-4)32-14-17/h7-10,14,16,18H,5-6,11-13,15H2,1-4H3,(H,35,39)(H2,31,33,34). The Labute approximate surface area is 248 Å². The van der Waals surface area contributed by atoms with Gasteiger partial charge in [0.15, 0.2) is 5.65 Å². The van der Waals surface area contributed by atoms with E-state index in [1.165, 1.54) is 19.6 Å². The highest BCUT2D eigenvalue weighted by Gasteiger charge is 2.32. The number of pyridine rings is 1. The third kappa shape index (κ3) is 5.49. The average molecular weight is 587 g/mol. The molecule has 0 spiro atoms. The number of ether oxygens (including phenoxy) is 3. The van der Waals surface area contributed by atoms with Gasteiger partial charge in [-0.05, 0) is 51.8 Å². The zero-order valence-corrected chi connectivity index (χ0v) is 24.6. The van der Waals surface area contributed by atoms with Gasteiger partial charge in [-0.2, -0.15) is 5.10 Å². The maximum Gasteiger partial charge on any atom is 0.410 e. The van der Waals surface area contributed by atoms with Crippen molar-refractivity contribution in [1.29, 1.82) is 0 Å². The van der Waals surface area contributed by atoms with Crippen molar-refractivity contribution in [2.75, 3.05) is 37.9 Å². The van der Waals surface area contributed by atoms with Crippen LogP contribution in [0, 0.1) is 0 Å². The molecule has 2 amide bonds. The van der Waals surface area contributed by atoms with Crippen molar-refractivity contribution < 1.29 is 23.8 Å². The summed E-state index contributed by atoms with van der Waals surface area (Å²) >= 11 is 0. The Morgan fingerprint density at radius 1 is 1.14 bits per heavy atom. The SMILES string of the molecule is COc1ccc(C(=O)Nc2ccc(-c3nn(C4CCCN(C(=O)OC(C)(C)C)C4)c4ncnc(N)c34)c3c2CCO3)cn1. The lowest BCUT2D eigenvalue weighted by Crippen LogP contribution is -2.43. The van der Waals surface area contributed by atoms with E-state index in [0.29, 0.717) is 71.5 Å². The second kappa shape index (κ2) is 11.0. The van der Waals surface area contributed by atoms with Crippen LogP contribution < -0.4 is 20.5 Å². The number of nitrogens with two attached hydrogens (primary N) is 1. The molecule has 0 bridgehead atoms. The smallest absolute Gasteiger partial charge is 0.410 e. The molecule has 4 aromatic rings. The molecule has 3 N–H and O–H groups in total. The Morgan fingerprint density at radius 3 is 2.72 bits per heavy atom. The third-order valence-corrected chi connectivity index (χ3v) is 7.48. The van der Waals surface area contributed by atoms with E-state index in [0.717, 1.165) is 24.0 Å². The number of amides is 2. The van der Waals surface area contributed by atoms with E-state index >= 15 is 0 Å². The molecule has 1 aromatic carbocycles. The van der Waals surface area contributed by atoms with Crippen molar-refractivity contribution in [3.8, 4) is 22.9 Å². The van der Waals surface area contributed by atoms with Gasteiger partial charge in [-0.1, -0.05) is 0 Å². The molecule has 2 aliphatic heterocycles. The Balaban J connectivity index is 1.34. The maximum absolute atomic E-state index is 13.0. The highest BCUT2D eigenvalue weighted by molar-refractivity contribution is 6.05. The first-order valence-corrected chi connectivity index (χ1v) is 14.2. The predicted octanol–water partition coefficient (Wildman–Crippen LogP) is 4.24. The fraction of sp³-hybridized carbons (Fsp3) is 0.400. The topological polar surface area (TPSA) is 160 Å². The molecule has 43 heavy (non-hydrogen) atoms. The van der Waals surface area contributed by atoms with Crippen LogP contribution in [0.25, 0.3) is 22.3 Å². The third-order valence-electron chi connectivity index (χ3n) is 7.48. The lowest BCUT2D eigenvalue weighted by atomic mass is 10.0. The first-order chi connectivity index (χ1) is 20.6. The summed E-state index contributed by atoms with van der Waals surface area (Å²) in [5.41, 5.74) is 9.61. The van der Waals surface area contributed by atoms with Crippen molar-refractivity contribution in [2.45, 2.75) is 51.7 Å². The van der Waals surface area contributed by atoms with Crippen molar-refractivity contribution in [3.63, 3.8) is 0 Å². The van der Waals surface area contributed by atoms with E-state index in [2.05, 4.69) is 20.3 Å². The zero-order chi connectivity index (χ0) is 30.3. The summed E-state index contributed by atoms with van der Waals surface area (Å²) in [5, 5.41) is 8.61. The normalized spacial score (nSPS) is 16.5. The monoisotopic (exact) mass is 586 g/mol. The second-order valence-electron chi connectivity index (χ2n) is 11.6. The molecule has 5 heterocycles. The number of fused-ring (bicyclic) bond motifs is 2. The van der Waals surface area contributed by atoms with Crippen LogP contribution in [0.15, 0.2) is 36.8 Å². The van der Waals surface area contributed by atoms with E-state index in [9.17, 15) is 9.59 Å². The van der Waals surface area contributed by atoms with Crippen molar-refractivity contribution in [2.24, 2.45) is 0 Å². The number of hydrogen-bond donors (Lipinski definition) is 2. The minimum Gasteiger partial charge on any atom is -0.492 e. The fourth-order valence-electron chi connectivity index (χ4n) is 5.51. The Bertz CT molecular complexity index is 1700. The molecule has 0 saturated carbocycles. The van der Waals surface area contributed by atoms with Crippen LogP contribution in [0.5, 0.6) is 11.6 Å². The van der Waals surface area contributed by atoms with Crippen LogP contribution in [0.2, 0.25) is 0 Å². The molecule has 1 unspecified atom stereocenters. The van der Waals surface area contributed by atoms with Gasteiger partial charge in [-0.15, -0.1) is 0 Å². The predicted molar refractivity (Wildman–Crippen MR) is 159 cm³/mol. The van der Waals surface area contributed by atoms with Gasteiger partial charge in [0, 0.05) is 48.6 Å². The number of carbonyl (C=O) groups excluding carboxylic acids is 2. The molecule has 2 aliphatic rings. The number of nitrogens with zero attached hydrogens (tertiary/aromatic N) is 6. The highest BCUT2D eigenvalue weighted by atomic mass is 16.6. The first-order valence-electron chi connectivity index (χ1n) is 14.2. The number of nitrogens with one attached hydrogen (secondary N) is 1. The van der Waals surface area contributed by atoms with E-state index in [4.69, 9.17) is 25.0 Å². The number of hydrogen-bond acceptors (Lipinski definition) is 10. The van der Waals surface area contributed by atoms with Gasteiger partial charge >= 0.3 is 6.09 Å². The number of likely N-dealkylation sites (tertiary alicyclic amines) is 1. The summed E-state index contributed by atoms with van der Waals surface area (Å²) in [5.74, 6) is 1.05. The van der Waals surface area contributed by atoms with E-state index in [1.807, 2.05) is 37.6 Å². The molecular formula is C30H34N8O5. The molecule has 1 atom stereocenters. The van der Waals surface area contributed by atoms with Gasteiger partial charge in [0.1, 0.15) is 29.2 Å². The molecule has 224 valence electrons. The van der Waals surface area contributed by atoms with Crippen LogP contribution in [0.4, 0.5) is 16.3 Å². The van der Waals surface area contributed by atoms with Crippen molar-refractivity contribution >= 4 is 34.5 Å². The lowest BCUT2D eigenvalue weighted by molar-refractivity contribution is 0.0169. The second-order valence-corrected chi connectivity index (χ2v) is 11.6. The summed E-state index contributed by atoms with van der Waals surface area (Å²) in [7, 11) is 1.52. The van der Waals surface area contributed by atoms with Crippen LogP contribution in [-0.2, 0) is 11.2 Å². The van der Waals surface area contributed by atoms with E-state index in [1.54, 1.807) is 17.0 Å². The Morgan fingerprint density at radius 2 is 1.98 bits per heavy atom. The highest BCUT2D eigenvalue weighted by Crippen LogP contribution is 2.44. The van der Waals surface area contributed by atoms with Gasteiger partial charge in [0.05, 0.1) is 30.7 Å². The molecule has 1 fully saturated rings. The van der Waals surface area contributed by atoms with Gasteiger partial charge in [0.25, 0.3) is 5.91 Å². The molecule has 0 radical (unpaired) electrons. The van der Waals surface area contributed by atoms with Gasteiger partial charge in [-0.3, -0.25) is 4.79 Å². The summed E-state index contributed by atoms with van der Waals surface area (Å²) < 4.78 is 18.7. The molecule has 3 aromatic heterocycles. The quantitative estimate of drug-likeness (QED) is 0.346. The van der Waals surface area contributed by atoms with Gasteiger partial charge in [-0.25, -0.2) is 24.4 Å².